The third-order valence-electron chi connectivity index (χ3n) is 3.93. The van der Waals surface area contributed by atoms with E-state index in [1.165, 1.54) is 9.80 Å². The number of likely N-dealkylation sites (N-methyl/N-ethyl adjacent to an activating group) is 2. The second kappa shape index (κ2) is 7.92. The van der Waals surface area contributed by atoms with E-state index in [4.69, 9.17) is 0 Å². The number of nitrogens with zero attached hydrogens (tertiary/aromatic N) is 3. The first kappa shape index (κ1) is 18.9. The molecule has 0 bridgehead atoms. The van der Waals surface area contributed by atoms with Crippen LogP contribution in [0, 0.1) is 0 Å². The molecule has 1 unspecified atom stereocenters. The highest BCUT2D eigenvalue weighted by atomic mass is 32.2. The number of amides is 2. The summed E-state index contributed by atoms with van der Waals surface area (Å²) in [5.74, 6) is -1.10. The summed E-state index contributed by atoms with van der Waals surface area (Å²) >= 11 is 0. The van der Waals surface area contributed by atoms with Crippen molar-refractivity contribution in [3.05, 3.63) is 0 Å². The largest absolute Gasteiger partial charge is 0.335 e. The van der Waals surface area contributed by atoms with Crippen molar-refractivity contribution in [2.75, 3.05) is 51.8 Å². The normalized spacial score (nSPS) is 20.1. The second-order valence-electron chi connectivity index (χ2n) is 5.84. The first-order valence-electron chi connectivity index (χ1n) is 7.66. The number of sulfone groups is 1. The van der Waals surface area contributed by atoms with Crippen LogP contribution in [0.25, 0.3) is 0 Å². The highest BCUT2D eigenvalue weighted by molar-refractivity contribution is 7.91. The number of rotatable bonds is 6. The van der Waals surface area contributed by atoms with Crippen LogP contribution in [0.2, 0.25) is 0 Å². The van der Waals surface area contributed by atoms with E-state index in [-0.39, 0.29) is 11.5 Å². The summed E-state index contributed by atoms with van der Waals surface area (Å²) in [6, 6.07) is -0.392. The molecule has 1 aliphatic heterocycles. The summed E-state index contributed by atoms with van der Waals surface area (Å²) in [7, 11) is 0.648. The van der Waals surface area contributed by atoms with Gasteiger partial charge in [0, 0.05) is 32.2 Å². The van der Waals surface area contributed by atoms with Gasteiger partial charge in [0.15, 0.2) is 9.84 Å². The summed E-state index contributed by atoms with van der Waals surface area (Å²) in [4.78, 5) is 29.6. The van der Waals surface area contributed by atoms with Gasteiger partial charge in [-0.25, -0.2) is 8.42 Å². The highest BCUT2D eigenvalue weighted by Crippen LogP contribution is 2.18. The monoisotopic (exact) mass is 333 g/mol. The maximum atomic E-state index is 12.5. The molecule has 128 valence electrons. The fourth-order valence-corrected chi connectivity index (χ4v) is 4.28. The van der Waals surface area contributed by atoms with Crippen LogP contribution in [-0.4, -0.2) is 92.8 Å². The lowest BCUT2D eigenvalue weighted by molar-refractivity contribution is -0.152. The Hall–Kier alpha value is -1.15. The molecule has 2 amide bonds. The first-order chi connectivity index (χ1) is 10.2. The van der Waals surface area contributed by atoms with Crippen LogP contribution in [0.4, 0.5) is 0 Å². The molecule has 1 atom stereocenters. The average Bonchev–Trinajstić information content (AvgIpc) is 2.79. The minimum atomic E-state index is -3.10. The highest BCUT2D eigenvalue weighted by Gasteiger charge is 2.37. The fraction of sp³-hybridized carbons (Fsp3) is 0.857. The summed E-state index contributed by atoms with van der Waals surface area (Å²) in [5.41, 5.74) is 0. The fourth-order valence-electron chi connectivity index (χ4n) is 2.55. The molecular formula is C14H27N3O4S. The van der Waals surface area contributed by atoms with Crippen LogP contribution in [-0.2, 0) is 19.4 Å². The van der Waals surface area contributed by atoms with Crippen molar-refractivity contribution in [2.24, 2.45) is 0 Å². The Morgan fingerprint density at radius 3 is 2.05 bits per heavy atom. The Labute approximate surface area is 133 Å². The SMILES string of the molecule is CCN(CC)C(=O)C(=O)N(CCN(C)C)C1CCS(=O)(=O)C1. The zero-order valence-corrected chi connectivity index (χ0v) is 14.7. The molecule has 1 rings (SSSR count). The molecule has 1 saturated heterocycles. The molecule has 0 aromatic rings. The number of hydrogen-bond acceptors (Lipinski definition) is 5. The Kier molecular flexibility index (Phi) is 6.80. The van der Waals surface area contributed by atoms with E-state index in [0.29, 0.717) is 32.6 Å². The van der Waals surface area contributed by atoms with Crippen molar-refractivity contribution in [3.8, 4) is 0 Å². The van der Waals surface area contributed by atoms with Gasteiger partial charge in [-0.2, -0.15) is 0 Å². The average molecular weight is 333 g/mol. The van der Waals surface area contributed by atoms with Crippen LogP contribution in [0.1, 0.15) is 20.3 Å². The lowest BCUT2D eigenvalue weighted by atomic mass is 10.2. The van der Waals surface area contributed by atoms with Gasteiger partial charge >= 0.3 is 11.8 Å². The Balaban J connectivity index is 2.90. The smallest absolute Gasteiger partial charge is 0.312 e. The minimum absolute atomic E-state index is 0.0439. The number of carbonyl (C=O) groups is 2. The number of hydrogen-bond donors (Lipinski definition) is 0. The van der Waals surface area contributed by atoms with Gasteiger partial charge in [-0.05, 0) is 34.4 Å². The van der Waals surface area contributed by atoms with Gasteiger partial charge in [-0.15, -0.1) is 0 Å². The standard InChI is InChI=1S/C14H27N3O4S/c1-5-16(6-2)13(18)14(19)17(9-8-15(3)4)12-7-10-22(20,21)11-12/h12H,5-11H2,1-4H3. The molecular weight excluding hydrogens is 306 g/mol. The molecule has 0 spiro atoms. The predicted octanol–water partition coefficient (Wildman–Crippen LogP) is -0.568. The van der Waals surface area contributed by atoms with E-state index in [9.17, 15) is 18.0 Å². The zero-order valence-electron chi connectivity index (χ0n) is 13.9. The topological polar surface area (TPSA) is 78.0 Å². The van der Waals surface area contributed by atoms with Crippen molar-refractivity contribution in [1.29, 1.82) is 0 Å². The first-order valence-corrected chi connectivity index (χ1v) is 9.49. The van der Waals surface area contributed by atoms with E-state index in [0.717, 1.165) is 0 Å². The van der Waals surface area contributed by atoms with Gasteiger partial charge in [0.2, 0.25) is 0 Å². The summed E-state index contributed by atoms with van der Waals surface area (Å²) in [5, 5.41) is 0. The van der Waals surface area contributed by atoms with Crippen molar-refractivity contribution in [1.82, 2.24) is 14.7 Å². The molecule has 1 aliphatic rings. The van der Waals surface area contributed by atoms with Gasteiger partial charge in [0.25, 0.3) is 0 Å². The van der Waals surface area contributed by atoms with E-state index in [2.05, 4.69) is 0 Å². The molecule has 22 heavy (non-hydrogen) atoms. The Morgan fingerprint density at radius 1 is 1.05 bits per heavy atom. The molecule has 0 aliphatic carbocycles. The Morgan fingerprint density at radius 2 is 1.64 bits per heavy atom. The predicted molar refractivity (Wildman–Crippen MR) is 85.3 cm³/mol. The van der Waals surface area contributed by atoms with Crippen molar-refractivity contribution in [3.63, 3.8) is 0 Å². The zero-order chi connectivity index (χ0) is 16.9. The van der Waals surface area contributed by atoms with E-state index in [1.807, 2.05) is 32.8 Å². The van der Waals surface area contributed by atoms with Crippen molar-refractivity contribution in [2.45, 2.75) is 26.3 Å². The molecule has 8 heteroatoms. The van der Waals surface area contributed by atoms with E-state index >= 15 is 0 Å². The van der Waals surface area contributed by atoms with E-state index in [1.54, 1.807) is 0 Å². The van der Waals surface area contributed by atoms with Crippen LogP contribution in [0.3, 0.4) is 0 Å². The third kappa shape index (κ3) is 4.95. The van der Waals surface area contributed by atoms with Gasteiger partial charge in [-0.1, -0.05) is 0 Å². The minimum Gasteiger partial charge on any atom is -0.335 e. The van der Waals surface area contributed by atoms with Crippen molar-refractivity contribution >= 4 is 21.7 Å². The molecule has 0 N–H and O–H groups in total. The summed E-state index contributed by atoms with van der Waals surface area (Å²) in [6.45, 7) is 5.52. The van der Waals surface area contributed by atoms with Crippen LogP contribution in [0.15, 0.2) is 0 Å². The molecule has 0 aromatic heterocycles. The van der Waals surface area contributed by atoms with Crippen molar-refractivity contribution < 1.29 is 18.0 Å². The quantitative estimate of drug-likeness (QED) is 0.609. The lowest BCUT2D eigenvalue weighted by Gasteiger charge is -2.30. The van der Waals surface area contributed by atoms with Crippen LogP contribution >= 0.6 is 0 Å². The lowest BCUT2D eigenvalue weighted by Crippen LogP contribution is -2.51. The second-order valence-corrected chi connectivity index (χ2v) is 8.06. The van der Waals surface area contributed by atoms with Gasteiger partial charge in [0.05, 0.1) is 11.5 Å². The third-order valence-corrected chi connectivity index (χ3v) is 5.68. The van der Waals surface area contributed by atoms with Gasteiger partial charge < -0.3 is 14.7 Å². The van der Waals surface area contributed by atoms with Crippen LogP contribution < -0.4 is 0 Å². The Bertz CT molecular complexity index is 500. The van der Waals surface area contributed by atoms with Crippen LogP contribution in [0.5, 0.6) is 0 Å². The maximum Gasteiger partial charge on any atom is 0.312 e. The summed E-state index contributed by atoms with van der Waals surface area (Å²) in [6.07, 6.45) is 0.410. The van der Waals surface area contributed by atoms with Gasteiger partial charge in [-0.3, -0.25) is 9.59 Å². The molecule has 0 aromatic carbocycles. The molecule has 7 nitrogen and oxygen atoms in total. The molecule has 0 saturated carbocycles. The molecule has 1 heterocycles. The van der Waals surface area contributed by atoms with E-state index < -0.39 is 27.7 Å². The maximum absolute atomic E-state index is 12.5. The number of carbonyl (C=O) groups excluding carboxylic acids is 2. The van der Waals surface area contributed by atoms with Gasteiger partial charge in [0.1, 0.15) is 0 Å². The molecule has 1 fully saturated rings. The summed E-state index contributed by atoms with van der Waals surface area (Å²) < 4.78 is 23.4. The molecule has 0 radical (unpaired) electrons.